The van der Waals surface area contributed by atoms with E-state index in [1.807, 2.05) is 6.92 Å². The van der Waals surface area contributed by atoms with Crippen LogP contribution in [0, 0.1) is 0 Å². The lowest BCUT2D eigenvalue weighted by Crippen LogP contribution is -1.89. The van der Waals surface area contributed by atoms with E-state index in [9.17, 15) is 0 Å². The monoisotopic (exact) mass is 136 g/mol. The van der Waals surface area contributed by atoms with E-state index in [-0.39, 0.29) is 0 Å². The Balaban J connectivity index is 3.80. The predicted molar refractivity (Wildman–Crippen MR) is 47.3 cm³/mol. The first-order valence-electron chi connectivity index (χ1n) is 3.13. The highest BCUT2D eigenvalue weighted by Crippen LogP contribution is 2.13. The molecule has 0 aromatic heterocycles. The molecule has 0 aliphatic rings. The smallest absolute Gasteiger partial charge is 0.321 e. The highest BCUT2D eigenvalue weighted by Gasteiger charge is 1.96. The van der Waals surface area contributed by atoms with Crippen molar-refractivity contribution in [2.24, 2.45) is 0 Å². The maximum atomic E-state index is 4.87. The molecule has 0 N–H and O–H groups in total. The lowest BCUT2D eigenvalue weighted by molar-refractivity contribution is 0.459. The van der Waals surface area contributed by atoms with Gasteiger partial charge in [-0.1, -0.05) is 25.3 Å². The van der Waals surface area contributed by atoms with Gasteiger partial charge in [-0.15, -0.1) is 0 Å². The molecule has 54 valence electrons. The molecule has 0 spiro atoms. The van der Waals surface area contributed by atoms with Gasteiger partial charge in [-0.3, -0.25) is 0 Å². The predicted octanol–water partition coefficient (Wildman–Crippen LogP) is 1.59. The highest BCUT2D eigenvalue weighted by atomic mass is 16.4. The van der Waals surface area contributed by atoms with Crippen molar-refractivity contribution in [1.82, 2.24) is 0 Å². The second-order valence-electron chi connectivity index (χ2n) is 2.30. The van der Waals surface area contributed by atoms with Gasteiger partial charge in [0.05, 0.1) is 5.76 Å². The van der Waals surface area contributed by atoms with Crippen molar-refractivity contribution in [3.05, 3.63) is 36.6 Å². The Morgan fingerprint density at radius 3 is 2.20 bits per heavy atom. The first-order valence-corrected chi connectivity index (χ1v) is 3.13. The van der Waals surface area contributed by atoms with Crippen molar-refractivity contribution < 1.29 is 4.65 Å². The van der Waals surface area contributed by atoms with Crippen molar-refractivity contribution in [2.75, 3.05) is 0 Å². The molecule has 0 heterocycles. The van der Waals surface area contributed by atoms with Crippen LogP contribution in [0.2, 0.25) is 0 Å². The van der Waals surface area contributed by atoms with Crippen LogP contribution in [0.5, 0.6) is 0 Å². The van der Waals surface area contributed by atoms with Crippen LogP contribution in [0.4, 0.5) is 0 Å². The molecule has 2 heteroatoms. The summed E-state index contributed by atoms with van der Waals surface area (Å²) in [5.41, 5.74) is 1.96. The van der Waals surface area contributed by atoms with Crippen LogP contribution in [-0.4, -0.2) is 8.05 Å². The highest BCUT2D eigenvalue weighted by molar-refractivity contribution is 5.98. The Bertz CT molecular complexity index is 170. The van der Waals surface area contributed by atoms with Crippen LogP contribution in [0.1, 0.15) is 13.3 Å². The molecule has 0 unspecified atom stereocenters. The summed E-state index contributed by atoms with van der Waals surface area (Å²) in [7, 11) is 1.61. The van der Waals surface area contributed by atoms with E-state index in [0.717, 1.165) is 16.9 Å². The summed E-state index contributed by atoms with van der Waals surface area (Å²) in [4.78, 5) is 0. The normalized spacial score (nSPS) is 8.50. The molecular weight excluding hydrogens is 123 g/mol. The maximum Gasteiger partial charge on any atom is 0.321 e. The molecule has 0 aliphatic carbocycles. The number of rotatable bonds is 4. The fourth-order valence-electron chi connectivity index (χ4n) is 0.461. The third-order valence-corrected chi connectivity index (χ3v) is 1.30. The van der Waals surface area contributed by atoms with Crippen molar-refractivity contribution in [2.45, 2.75) is 13.3 Å². The fraction of sp³-hybridized carbons (Fsp3) is 0.250. The number of hydrogen-bond donors (Lipinski definition) is 0. The van der Waals surface area contributed by atoms with E-state index < -0.39 is 0 Å². The Morgan fingerprint density at radius 1 is 1.40 bits per heavy atom. The van der Waals surface area contributed by atoms with E-state index >= 15 is 0 Å². The lowest BCUT2D eigenvalue weighted by Gasteiger charge is -2.06. The third kappa shape index (κ3) is 3.18. The van der Waals surface area contributed by atoms with E-state index in [0.29, 0.717) is 6.42 Å². The van der Waals surface area contributed by atoms with Gasteiger partial charge < -0.3 is 4.65 Å². The summed E-state index contributed by atoms with van der Waals surface area (Å²) in [6.45, 7) is 13.1. The SMILES string of the molecule is BOC(=C)CC(=C)C(=C)C. The van der Waals surface area contributed by atoms with Crippen LogP contribution >= 0.6 is 0 Å². The van der Waals surface area contributed by atoms with Gasteiger partial charge in [-0.05, 0) is 12.5 Å². The Morgan fingerprint density at radius 2 is 1.90 bits per heavy atom. The van der Waals surface area contributed by atoms with Gasteiger partial charge in [-0.25, -0.2) is 0 Å². The Hall–Kier alpha value is -0.915. The number of hydrogen-bond acceptors (Lipinski definition) is 1. The molecule has 0 radical (unpaired) electrons. The standard InChI is InChI=1S/C8H13BO/c1-6(2)7(3)5-8(4)10-9/h1,3-5,9H2,2H3. The molecule has 0 saturated heterocycles. The summed E-state index contributed by atoms with van der Waals surface area (Å²) in [5.74, 6) is 0.730. The van der Waals surface area contributed by atoms with Crippen molar-refractivity contribution in [3.63, 3.8) is 0 Å². The zero-order valence-corrected chi connectivity index (χ0v) is 6.74. The Labute approximate surface area is 63.5 Å². The zero-order chi connectivity index (χ0) is 8.15. The van der Waals surface area contributed by atoms with Gasteiger partial charge in [0.2, 0.25) is 0 Å². The second kappa shape index (κ2) is 3.99. The van der Waals surface area contributed by atoms with E-state index in [4.69, 9.17) is 4.65 Å². The minimum atomic E-state index is 0.686. The quantitative estimate of drug-likeness (QED) is 0.324. The van der Waals surface area contributed by atoms with Gasteiger partial charge in [-0.2, -0.15) is 0 Å². The summed E-state index contributed by atoms with van der Waals surface area (Å²) in [6.07, 6.45) is 0.686. The molecule has 0 atom stereocenters. The van der Waals surface area contributed by atoms with Crippen molar-refractivity contribution in [1.29, 1.82) is 0 Å². The molecule has 1 nitrogen and oxygen atoms in total. The molecule has 0 aliphatic heterocycles. The van der Waals surface area contributed by atoms with Gasteiger partial charge >= 0.3 is 8.05 Å². The largest absolute Gasteiger partial charge is 0.571 e. The van der Waals surface area contributed by atoms with Gasteiger partial charge in [0, 0.05) is 6.42 Å². The average molecular weight is 136 g/mol. The van der Waals surface area contributed by atoms with Crippen LogP contribution in [-0.2, 0) is 4.65 Å². The lowest BCUT2D eigenvalue weighted by atomic mass is 10.1. The second-order valence-corrected chi connectivity index (χ2v) is 2.30. The minimum Gasteiger partial charge on any atom is -0.571 e. The topological polar surface area (TPSA) is 9.23 Å². The summed E-state index contributed by atoms with van der Waals surface area (Å²) < 4.78 is 4.87. The minimum absolute atomic E-state index is 0.686. The molecule has 0 amide bonds. The fourth-order valence-corrected chi connectivity index (χ4v) is 0.461. The average Bonchev–Trinajstić information content (AvgIpc) is 1.87. The summed E-state index contributed by atoms with van der Waals surface area (Å²) >= 11 is 0. The van der Waals surface area contributed by atoms with E-state index in [2.05, 4.69) is 19.7 Å². The van der Waals surface area contributed by atoms with Gasteiger partial charge in [0.1, 0.15) is 0 Å². The molecule has 0 fully saturated rings. The zero-order valence-electron chi connectivity index (χ0n) is 6.74. The van der Waals surface area contributed by atoms with E-state index in [1.165, 1.54) is 0 Å². The molecule has 0 aromatic carbocycles. The third-order valence-electron chi connectivity index (χ3n) is 1.30. The number of allylic oxidation sites excluding steroid dienone is 2. The molecular formula is C8H13BO. The maximum absolute atomic E-state index is 4.87. The van der Waals surface area contributed by atoms with Gasteiger partial charge in [0.25, 0.3) is 0 Å². The van der Waals surface area contributed by atoms with Crippen LogP contribution in [0.3, 0.4) is 0 Å². The first kappa shape index (κ1) is 9.08. The van der Waals surface area contributed by atoms with Gasteiger partial charge in [0.15, 0.2) is 0 Å². The molecule has 10 heavy (non-hydrogen) atoms. The van der Waals surface area contributed by atoms with Crippen molar-refractivity contribution in [3.8, 4) is 0 Å². The van der Waals surface area contributed by atoms with E-state index in [1.54, 1.807) is 8.05 Å². The summed E-state index contributed by atoms with van der Waals surface area (Å²) in [6, 6.07) is 0. The molecule has 0 saturated carbocycles. The first-order chi connectivity index (χ1) is 4.57. The molecule has 0 bridgehead atoms. The van der Waals surface area contributed by atoms with Crippen LogP contribution < -0.4 is 0 Å². The van der Waals surface area contributed by atoms with Crippen LogP contribution in [0.25, 0.3) is 0 Å². The van der Waals surface area contributed by atoms with Crippen molar-refractivity contribution >= 4 is 8.05 Å². The molecule has 0 aromatic rings. The Kier molecular flexibility index (Phi) is 3.63. The van der Waals surface area contributed by atoms with Crippen LogP contribution in [0.15, 0.2) is 36.6 Å². The summed E-state index contributed by atoms with van der Waals surface area (Å²) in [5, 5.41) is 0. The molecule has 0 rings (SSSR count).